The summed E-state index contributed by atoms with van der Waals surface area (Å²) in [6.07, 6.45) is 13.1. The summed E-state index contributed by atoms with van der Waals surface area (Å²) in [7, 11) is 0. The number of carbonyl (C=O) groups excluding carboxylic acids is 1. The molecule has 4 bridgehead atoms. The quantitative estimate of drug-likeness (QED) is 0.582. The fraction of sp³-hybridized carbons (Fsp3) is 0.944. The van der Waals surface area contributed by atoms with Crippen LogP contribution in [0.25, 0.3) is 0 Å². The molecule has 0 aromatic rings. The predicted octanol–water partition coefficient (Wildman–Crippen LogP) is 4.27. The van der Waals surface area contributed by atoms with Gasteiger partial charge in [0.05, 0.1) is 0 Å². The summed E-state index contributed by atoms with van der Waals surface area (Å²) < 4.78 is 0. The molecule has 0 saturated heterocycles. The lowest BCUT2D eigenvalue weighted by Gasteiger charge is -2.53. The van der Waals surface area contributed by atoms with Crippen molar-refractivity contribution in [2.24, 2.45) is 29.6 Å². The molecule has 1 N–H and O–H groups in total. The largest absolute Gasteiger partial charge is 0.352 e. The van der Waals surface area contributed by atoms with E-state index < -0.39 is 0 Å². The number of alkyl halides is 1. The Hall–Kier alpha value is -0.0500. The maximum absolute atomic E-state index is 12.9. The molecule has 2 nitrogen and oxygen atoms in total. The summed E-state index contributed by atoms with van der Waals surface area (Å²) in [5.74, 6) is 4.08. The summed E-state index contributed by atoms with van der Waals surface area (Å²) in [5, 5.41) is 3.45. The first kappa shape index (κ1) is 14.5. The van der Waals surface area contributed by atoms with Crippen LogP contribution in [0.3, 0.4) is 0 Å². The minimum atomic E-state index is 0.348. The molecule has 2 atom stereocenters. The SMILES string of the molecule is O=C(NC1CCCCCC1Br)C1C2CC3CC(C2)CC1C3. The first-order chi connectivity index (χ1) is 10.2. The third kappa shape index (κ3) is 2.80. The lowest BCUT2D eigenvalue weighted by Crippen LogP contribution is -2.53. The van der Waals surface area contributed by atoms with Crippen LogP contribution in [0.4, 0.5) is 0 Å². The summed E-state index contributed by atoms with van der Waals surface area (Å²) in [6, 6.07) is 0.372. The second-order valence-corrected chi connectivity index (χ2v) is 9.40. The van der Waals surface area contributed by atoms with Gasteiger partial charge in [-0.2, -0.15) is 0 Å². The normalized spacial score (nSPS) is 48.9. The second-order valence-electron chi connectivity index (χ2n) is 8.23. The van der Waals surface area contributed by atoms with Crippen molar-refractivity contribution in [2.75, 3.05) is 0 Å². The van der Waals surface area contributed by atoms with Crippen LogP contribution >= 0.6 is 15.9 Å². The first-order valence-electron chi connectivity index (χ1n) is 9.15. The van der Waals surface area contributed by atoms with Gasteiger partial charge in [0, 0.05) is 16.8 Å². The summed E-state index contributed by atoms with van der Waals surface area (Å²) in [4.78, 5) is 13.4. The monoisotopic (exact) mass is 353 g/mol. The highest BCUT2D eigenvalue weighted by atomic mass is 79.9. The Balaban J connectivity index is 1.43. The Morgan fingerprint density at radius 3 is 2.14 bits per heavy atom. The van der Waals surface area contributed by atoms with E-state index in [9.17, 15) is 4.79 Å². The molecule has 118 valence electrons. The zero-order valence-electron chi connectivity index (χ0n) is 12.9. The molecule has 5 saturated carbocycles. The van der Waals surface area contributed by atoms with E-state index in [1.54, 1.807) is 0 Å². The lowest BCUT2D eigenvalue weighted by molar-refractivity contribution is -0.138. The number of hydrogen-bond donors (Lipinski definition) is 1. The van der Waals surface area contributed by atoms with E-state index >= 15 is 0 Å². The summed E-state index contributed by atoms with van der Waals surface area (Å²) in [6.45, 7) is 0. The number of carbonyl (C=O) groups is 1. The molecule has 0 aliphatic heterocycles. The van der Waals surface area contributed by atoms with Gasteiger partial charge in [-0.25, -0.2) is 0 Å². The van der Waals surface area contributed by atoms with Gasteiger partial charge < -0.3 is 5.32 Å². The fourth-order valence-corrected chi connectivity index (χ4v) is 6.78. The zero-order chi connectivity index (χ0) is 14.4. The van der Waals surface area contributed by atoms with Gasteiger partial charge >= 0.3 is 0 Å². The van der Waals surface area contributed by atoms with Gasteiger partial charge in [-0.1, -0.05) is 35.2 Å². The molecule has 5 aliphatic rings. The van der Waals surface area contributed by atoms with Gasteiger partial charge in [-0.05, 0) is 68.6 Å². The molecule has 3 heteroatoms. The van der Waals surface area contributed by atoms with Crippen LogP contribution in [-0.4, -0.2) is 16.8 Å². The third-order valence-electron chi connectivity index (χ3n) is 6.79. The van der Waals surface area contributed by atoms with Crippen LogP contribution in [0.2, 0.25) is 0 Å². The van der Waals surface area contributed by atoms with Crippen LogP contribution < -0.4 is 5.32 Å². The number of rotatable bonds is 2. The highest BCUT2D eigenvalue weighted by Gasteiger charge is 2.51. The van der Waals surface area contributed by atoms with Crippen LogP contribution in [0, 0.1) is 29.6 Å². The summed E-state index contributed by atoms with van der Waals surface area (Å²) >= 11 is 3.82. The van der Waals surface area contributed by atoms with E-state index in [4.69, 9.17) is 0 Å². The van der Waals surface area contributed by atoms with Crippen LogP contribution in [0.5, 0.6) is 0 Å². The predicted molar refractivity (Wildman–Crippen MR) is 88.3 cm³/mol. The van der Waals surface area contributed by atoms with E-state index in [1.807, 2.05) is 0 Å². The molecule has 0 aromatic carbocycles. The Labute approximate surface area is 136 Å². The van der Waals surface area contributed by atoms with E-state index in [0.717, 1.165) is 18.3 Å². The van der Waals surface area contributed by atoms with Gasteiger partial charge in [0.2, 0.25) is 5.91 Å². The Bertz CT molecular complexity index is 382. The fourth-order valence-electron chi connectivity index (χ4n) is 6.06. The first-order valence-corrected chi connectivity index (χ1v) is 10.1. The van der Waals surface area contributed by atoms with Gasteiger partial charge in [0.1, 0.15) is 0 Å². The molecule has 0 heterocycles. The van der Waals surface area contributed by atoms with Gasteiger partial charge in [-0.3, -0.25) is 4.79 Å². The zero-order valence-corrected chi connectivity index (χ0v) is 14.5. The van der Waals surface area contributed by atoms with Crippen molar-refractivity contribution >= 4 is 21.8 Å². The van der Waals surface area contributed by atoms with Crippen molar-refractivity contribution in [3.8, 4) is 0 Å². The molecule has 2 unspecified atom stereocenters. The minimum Gasteiger partial charge on any atom is -0.352 e. The van der Waals surface area contributed by atoms with Crippen molar-refractivity contribution < 1.29 is 4.79 Å². The molecule has 5 rings (SSSR count). The highest BCUT2D eigenvalue weighted by Crippen LogP contribution is 2.56. The highest BCUT2D eigenvalue weighted by molar-refractivity contribution is 9.09. The molecule has 21 heavy (non-hydrogen) atoms. The van der Waals surface area contributed by atoms with Crippen molar-refractivity contribution in [3.05, 3.63) is 0 Å². The molecule has 5 fully saturated rings. The van der Waals surface area contributed by atoms with E-state index in [0.29, 0.717) is 34.5 Å². The lowest BCUT2D eigenvalue weighted by atomic mass is 9.51. The molecular weight excluding hydrogens is 326 g/mol. The van der Waals surface area contributed by atoms with Gasteiger partial charge in [0.15, 0.2) is 0 Å². The van der Waals surface area contributed by atoms with Crippen molar-refractivity contribution in [1.29, 1.82) is 0 Å². The smallest absolute Gasteiger partial charge is 0.223 e. The minimum absolute atomic E-state index is 0.348. The molecular formula is C18H28BrNO. The van der Waals surface area contributed by atoms with Crippen molar-refractivity contribution in [1.82, 2.24) is 5.32 Å². The average Bonchev–Trinajstić information content (AvgIpc) is 2.63. The summed E-state index contributed by atoms with van der Waals surface area (Å²) in [5.41, 5.74) is 0. The van der Waals surface area contributed by atoms with Gasteiger partial charge in [-0.15, -0.1) is 0 Å². The van der Waals surface area contributed by atoms with Crippen LogP contribution in [0.1, 0.15) is 64.2 Å². The third-order valence-corrected chi connectivity index (χ3v) is 7.88. The van der Waals surface area contributed by atoms with Crippen molar-refractivity contribution in [2.45, 2.75) is 75.1 Å². The van der Waals surface area contributed by atoms with Gasteiger partial charge in [0.25, 0.3) is 0 Å². The number of halogens is 1. The topological polar surface area (TPSA) is 29.1 Å². The average molecular weight is 354 g/mol. The number of amides is 1. The second kappa shape index (κ2) is 5.86. The molecule has 0 aromatic heterocycles. The van der Waals surface area contributed by atoms with E-state index in [2.05, 4.69) is 21.2 Å². The molecule has 0 spiro atoms. The number of hydrogen-bond acceptors (Lipinski definition) is 1. The Morgan fingerprint density at radius 2 is 1.48 bits per heavy atom. The van der Waals surface area contributed by atoms with Crippen molar-refractivity contribution in [3.63, 3.8) is 0 Å². The molecule has 0 radical (unpaired) electrons. The Kier molecular flexibility index (Phi) is 4.06. The van der Waals surface area contributed by atoms with Crippen LogP contribution in [-0.2, 0) is 4.79 Å². The standard InChI is InChI=1S/C18H28BrNO/c19-15-4-2-1-3-5-16(15)20-18(21)17-13-7-11-6-12(9-13)10-14(17)8-11/h11-17H,1-10H2,(H,20,21). The van der Waals surface area contributed by atoms with E-state index in [-0.39, 0.29) is 0 Å². The number of nitrogens with one attached hydrogen (secondary N) is 1. The Morgan fingerprint density at radius 1 is 0.857 bits per heavy atom. The maximum atomic E-state index is 12.9. The maximum Gasteiger partial charge on any atom is 0.223 e. The molecule has 5 aliphatic carbocycles. The van der Waals surface area contributed by atoms with E-state index in [1.165, 1.54) is 57.8 Å². The molecule has 1 amide bonds. The van der Waals surface area contributed by atoms with Crippen LogP contribution in [0.15, 0.2) is 0 Å².